The van der Waals surface area contributed by atoms with E-state index in [4.69, 9.17) is 14.2 Å². The maximum Gasteiger partial charge on any atom is 0.306 e. The number of rotatable bonds is 36. The largest absolute Gasteiger partial charge is 0.544 e. The van der Waals surface area contributed by atoms with Crippen LogP contribution >= 0.6 is 0 Å². The number of nitrogens with zero attached hydrogens (tertiary/aromatic N) is 1. The summed E-state index contributed by atoms with van der Waals surface area (Å²) < 4.78 is 17.0. The quantitative estimate of drug-likeness (QED) is 0.0204. The first-order valence-electron chi connectivity index (χ1n) is 21.8. The van der Waals surface area contributed by atoms with Gasteiger partial charge in [0.2, 0.25) is 0 Å². The third-order valence-corrected chi connectivity index (χ3v) is 8.66. The van der Waals surface area contributed by atoms with Crippen molar-refractivity contribution < 1.29 is 38.2 Å². The van der Waals surface area contributed by atoms with Gasteiger partial charge in [-0.25, -0.2) is 0 Å². The van der Waals surface area contributed by atoms with Crippen molar-refractivity contribution in [3.63, 3.8) is 0 Å². The van der Waals surface area contributed by atoms with E-state index < -0.39 is 24.1 Å². The van der Waals surface area contributed by atoms with Crippen molar-refractivity contribution in [2.24, 2.45) is 0 Å². The molecule has 59 heavy (non-hydrogen) atoms. The number of hydrogen-bond acceptors (Lipinski definition) is 7. The summed E-state index contributed by atoms with van der Waals surface area (Å²) >= 11 is 0. The molecule has 2 atom stereocenters. The molecule has 0 saturated heterocycles. The maximum absolute atomic E-state index is 12.7. The standard InChI is InChI=1S/C51H77NO7/c1-6-8-10-12-14-16-18-20-22-23-24-25-26-28-30-32-34-36-38-40-42-50(54)59-47(45-57-44-43-48(51(55)56)52(3,4)5)46-58-49(53)41-39-37-35-33-31-29-27-21-19-17-15-13-11-9-7-2/h8-11,13-17,19-22,24-25,27-31,34,36,47-48H,6-7,12,18,23,26,32-33,35,37-46H2,1-5H3/b10-8+,11-9+,15-13+,16-14+,19-17+,22-20+,25-24+,27-21+,30-28+,31-29+,36-34+. The zero-order valence-corrected chi connectivity index (χ0v) is 37.1. The second-order valence-corrected chi connectivity index (χ2v) is 14.9. The van der Waals surface area contributed by atoms with Gasteiger partial charge in [-0.1, -0.05) is 154 Å². The van der Waals surface area contributed by atoms with E-state index in [0.29, 0.717) is 12.8 Å². The lowest BCUT2D eigenvalue weighted by Crippen LogP contribution is -2.55. The van der Waals surface area contributed by atoms with Gasteiger partial charge in [0.15, 0.2) is 6.10 Å². The molecule has 0 heterocycles. The van der Waals surface area contributed by atoms with Gasteiger partial charge in [0.05, 0.1) is 40.3 Å². The maximum atomic E-state index is 12.7. The topological polar surface area (TPSA) is 102 Å². The van der Waals surface area contributed by atoms with Gasteiger partial charge in [-0.3, -0.25) is 9.59 Å². The van der Waals surface area contributed by atoms with Crippen LogP contribution in [0.15, 0.2) is 134 Å². The molecule has 0 rings (SSSR count). The van der Waals surface area contributed by atoms with Crippen LogP contribution in [0, 0.1) is 0 Å². The third-order valence-electron chi connectivity index (χ3n) is 8.66. The first-order valence-corrected chi connectivity index (χ1v) is 21.8. The van der Waals surface area contributed by atoms with Gasteiger partial charge < -0.3 is 28.6 Å². The van der Waals surface area contributed by atoms with E-state index >= 15 is 0 Å². The minimum atomic E-state index is -1.15. The van der Waals surface area contributed by atoms with E-state index in [1.54, 1.807) is 21.1 Å². The summed E-state index contributed by atoms with van der Waals surface area (Å²) in [5, 5.41) is 11.6. The fourth-order valence-corrected chi connectivity index (χ4v) is 5.34. The van der Waals surface area contributed by atoms with Crippen molar-refractivity contribution in [2.45, 2.75) is 129 Å². The smallest absolute Gasteiger partial charge is 0.306 e. The van der Waals surface area contributed by atoms with Crippen LogP contribution < -0.4 is 5.11 Å². The van der Waals surface area contributed by atoms with Crippen LogP contribution in [0.2, 0.25) is 0 Å². The molecule has 0 aromatic heterocycles. The Morgan fingerprint density at radius 3 is 1.53 bits per heavy atom. The highest BCUT2D eigenvalue weighted by atomic mass is 16.6. The van der Waals surface area contributed by atoms with Gasteiger partial charge >= 0.3 is 11.9 Å². The predicted octanol–water partition coefficient (Wildman–Crippen LogP) is 10.7. The molecule has 0 aromatic rings. The number of hydrogen-bond donors (Lipinski definition) is 0. The highest BCUT2D eigenvalue weighted by molar-refractivity contribution is 5.70. The third kappa shape index (κ3) is 38.7. The number of carbonyl (C=O) groups excluding carboxylic acids is 3. The highest BCUT2D eigenvalue weighted by Gasteiger charge is 2.25. The fourth-order valence-electron chi connectivity index (χ4n) is 5.34. The van der Waals surface area contributed by atoms with Crippen LogP contribution in [-0.4, -0.2) is 75.5 Å². The molecule has 0 spiro atoms. The summed E-state index contributed by atoms with van der Waals surface area (Å²) in [4.78, 5) is 36.8. The summed E-state index contributed by atoms with van der Waals surface area (Å²) in [6, 6.07) is -0.752. The van der Waals surface area contributed by atoms with Crippen LogP contribution in [0.4, 0.5) is 0 Å². The van der Waals surface area contributed by atoms with Crippen molar-refractivity contribution in [1.29, 1.82) is 0 Å². The predicted molar refractivity (Wildman–Crippen MR) is 244 cm³/mol. The van der Waals surface area contributed by atoms with E-state index in [9.17, 15) is 19.5 Å². The molecule has 8 nitrogen and oxygen atoms in total. The van der Waals surface area contributed by atoms with Gasteiger partial charge in [0.25, 0.3) is 0 Å². The monoisotopic (exact) mass is 816 g/mol. The molecule has 0 aliphatic heterocycles. The molecule has 0 amide bonds. The first kappa shape index (κ1) is 54.5. The molecular weight excluding hydrogens is 739 g/mol. The lowest BCUT2D eigenvalue weighted by atomic mass is 10.1. The number of carboxylic acids is 1. The molecule has 0 N–H and O–H groups in total. The summed E-state index contributed by atoms with van der Waals surface area (Å²) in [5.41, 5.74) is 0. The SMILES string of the molecule is CC/C=C/C=C/C=C/C=C/C=C/CCCCCC(=O)OCC(COCCC(C(=O)[O-])[N+](C)(C)C)OC(=O)CCC/C=C/C/C=C/C/C=C/C/C=C/C/C=C/C/C=C/CC. The Morgan fingerprint density at radius 1 is 0.525 bits per heavy atom. The van der Waals surface area contributed by atoms with Crippen LogP contribution in [0.25, 0.3) is 0 Å². The van der Waals surface area contributed by atoms with Crippen molar-refractivity contribution in [3.8, 4) is 0 Å². The van der Waals surface area contributed by atoms with E-state index in [0.717, 1.165) is 70.6 Å². The normalized spacial score (nSPS) is 14.3. The molecule has 0 aliphatic carbocycles. The zero-order valence-electron chi connectivity index (χ0n) is 37.1. The van der Waals surface area contributed by atoms with Crippen molar-refractivity contribution >= 4 is 17.9 Å². The summed E-state index contributed by atoms with van der Waals surface area (Å²) in [7, 11) is 5.35. The molecule has 0 fully saturated rings. The number of ether oxygens (including phenoxy) is 3. The minimum absolute atomic E-state index is 0.00729. The Balaban J connectivity index is 4.57. The molecule has 0 saturated carbocycles. The van der Waals surface area contributed by atoms with Gasteiger partial charge in [0, 0.05) is 19.3 Å². The van der Waals surface area contributed by atoms with Gasteiger partial charge in [-0.05, 0) is 77.0 Å². The van der Waals surface area contributed by atoms with E-state index in [2.05, 4.69) is 98.9 Å². The molecule has 8 heteroatoms. The number of carboxylic acid groups (broad SMARTS) is 1. The number of unbranched alkanes of at least 4 members (excludes halogenated alkanes) is 4. The van der Waals surface area contributed by atoms with Gasteiger partial charge in [-0.2, -0.15) is 0 Å². The second kappa shape index (κ2) is 40.3. The molecule has 328 valence electrons. The zero-order chi connectivity index (χ0) is 43.5. The lowest BCUT2D eigenvalue weighted by Gasteiger charge is -2.34. The molecule has 0 aliphatic rings. The van der Waals surface area contributed by atoms with Crippen LogP contribution in [-0.2, 0) is 28.6 Å². The van der Waals surface area contributed by atoms with Crippen molar-refractivity contribution in [2.75, 3.05) is 41.0 Å². The Morgan fingerprint density at radius 2 is 1.00 bits per heavy atom. The van der Waals surface area contributed by atoms with Gasteiger partial charge in [-0.15, -0.1) is 0 Å². The number of carbonyl (C=O) groups is 3. The molecule has 0 bridgehead atoms. The van der Waals surface area contributed by atoms with Crippen LogP contribution in [0.3, 0.4) is 0 Å². The van der Waals surface area contributed by atoms with Crippen molar-refractivity contribution in [3.05, 3.63) is 134 Å². The first-order chi connectivity index (χ1) is 28.6. The van der Waals surface area contributed by atoms with Crippen LogP contribution in [0.1, 0.15) is 117 Å². The number of aliphatic carboxylic acids is 1. The average Bonchev–Trinajstić information content (AvgIpc) is 3.19. The van der Waals surface area contributed by atoms with E-state index in [1.165, 1.54) is 0 Å². The Labute approximate surface area is 358 Å². The molecular formula is C51H77NO7. The highest BCUT2D eigenvalue weighted by Crippen LogP contribution is 2.10. The van der Waals surface area contributed by atoms with Crippen molar-refractivity contribution in [1.82, 2.24) is 0 Å². The lowest BCUT2D eigenvalue weighted by molar-refractivity contribution is -0.889. The van der Waals surface area contributed by atoms with Crippen LogP contribution in [0.5, 0.6) is 0 Å². The average molecular weight is 816 g/mol. The Kier molecular flexibility index (Phi) is 37.2. The summed E-state index contributed by atoms with van der Waals surface area (Å²) in [5.74, 6) is -1.89. The number of likely N-dealkylation sites (N-methyl/N-ethyl adjacent to an activating group) is 1. The summed E-state index contributed by atoms with van der Waals surface area (Å²) in [6.45, 7) is 4.25. The number of esters is 2. The second-order valence-electron chi connectivity index (χ2n) is 14.9. The Hall–Kier alpha value is -4.53. The summed E-state index contributed by atoms with van der Waals surface area (Å²) in [6.07, 6.45) is 57.7. The Bertz CT molecular complexity index is 1420. The fraction of sp³-hybridized carbons (Fsp3) is 0.510. The molecule has 2 unspecified atom stereocenters. The molecule has 0 aromatic carbocycles. The van der Waals surface area contributed by atoms with Gasteiger partial charge in [0.1, 0.15) is 12.6 Å². The number of allylic oxidation sites excluding steroid dienone is 22. The minimum Gasteiger partial charge on any atom is -0.544 e. The van der Waals surface area contributed by atoms with E-state index in [1.807, 2.05) is 48.6 Å². The number of quaternary nitrogens is 1. The van der Waals surface area contributed by atoms with E-state index in [-0.39, 0.29) is 49.5 Å². The molecule has 0 radical (unpaired) electrons.